The molecular weight excluding hydrogens is 456 g/mol. The molecule has 1 saturated carbocycles. The van der Waals surface area contributed by atoms with Gasteiger partial charge < -0.3 is 24.3 Å². The molecule has 3 aromatic rings. The monoisotopic (exact) mass is 490 g/mol. The molecule has 2 atom stereocenters. The molecule has 184 valence electrons. The van der Waals surface area contributed by atoms with E-state index in [-0.39, 0.29) is 12.1 Å². The molecule has 5 rings (SSSR count). The summed E-state index contributed by atoms with van der Waals surface area (Å²) >= 11 is 5.96. The van der Waals surface area contributed by atoms with Crippen LogP contribution in [0.5, 0.6) is 11.5 Å². The van der Waals surface area contributed by atoms with Crippen LogP contribution in [-0.4, -0.2) is 28.9 Å². The van der Waals surface area contributed by atoms with Crippen LogP contribution in [0, 0.1) is 13.8 Å². The van der Waals surface area contributed by atoms with Crippen LogP contribution in [0.1, 0.15) is 72.9 Å². The average Bonchev–Trinajstić information content (AvgIpc) is 3.39. The summed E-state index contributed by atoms with van der Waals surface area (Å²) in [4.78, 5) is 6.90. The fourth-order valence-electron chi connectivity index (χ4n) is 5.92. The van der Waals surface area contributed by atoms with E-state index >= 15 is 0 Å². The molecule has 0 unspecified atom stereocenters. The van der Waals surface area contributed by atoms with Gasteiger partial charge in [-0.3, -0.25) is 4.98 Å². The lowest BCUT2D eigenvalue weighted by atomic mass is 9.94. The number of rotatable bonds is 6. The minimum Gasteiger partial charge on any atom is -0.497 e. The van der Waals surface area contributed by atoms with Gasteiger partial charge in [0.25, 0.3) is 0 Å². The number of nitrogens with one attached hydrogen (secondary N) is 1. The molecule has 0 bridgehead atoms. The highest BCUT2D eigenvalue weighted by atomic mass is 32.1. The van der Waals surface area contributed by atoms with Gasteiger partial charge in [0.2, 0.25) is 0 Å². The number of aromatic nitrogens is 2. The van der Waals surface area contributed by atoms with E-state index in [1.807, 2.05) is 36.5 Å². The molecule has 1 aliphatic heterocycles. The summed E-state index contributed by atoms with van der Waals surface area (Å²) in [5, 5.41) is 4.23. The van der Waals surface area contributed by atoms with E-state index in [2.05, 4.69) is 40.8 Å². The Morgan fingerprint density at radius 2 is 1.80 bits per heavy atom. The SMILES string of the molecule is COc1ccc(OC)c(N2C(=S)N[C@@H](c3ccccn3)[C@H]2c2cc(C)n(C3CCCCC3)c2C)c1. The van der Waals surface area contributed by atoms with Gasteiger partial charge in [0, 0.05) is 29.7 Å². The maximum absolute atomic E-state index is 5.96. The Hall–Kier alpha value is -3.06. The van der Waals surface area contributed by atoms with E-state index < -0.39 is 0 Å². The lowest BCUT2D eigenvalue weighted by Crippen LogP contribution is -2.30. The number of hydrogen-bond acceptors (Lipinski definition) is 4. The van der Waals surface area contributed by atoms with E-state index in [0.717, 1.165) is 22.9 Å². The molecule has 35 heavy (non-hydrogen) atoms. The van der Waals surface area contributed by atoms with Crippen molar-refractivity contribution >= 4 is 23.0 Å². The lowest BCUT2D eigenvalue weighted by Gasteiger charge is -2.30. The maximum Gasteiger partial charge on any atom is 0.174 e. The van der Waals surface area contributed by atoms with E-state index in [0.29, 0.717) is 11.2 Å². The summed E-state index contributed by atoms with van der Waals surface area (Å²) in [5.74, 6) is 1.51. The Morgan fingerprint density at radius 3 is 2.49 bits per heavy atom. The summed E-state index contributed by atoms with van der Waals surface area (Å²) in [6.45, 7) is 4.49. The van der Waals surface area contributed by atoms with Crippen molar-refractivity contribution in [2.75, 3.05) is 19.1 Å². The Kier molecular flexibility index (Phi) is 6.69. The highest BCUT2D eigenvalue weighted by Crippen LogP contribution is 2.47. The van der Waals surface area contributed by atoms with Crippen LogP contribution < -0.4 is 19.7 Å². The fraction of sp³-hybridized carbons (Fsp3) is 0.429. The number of thiocarbonyl (C=S) groups is 1. The quantitative estimate of drug-likeness (QED) is 0.415. The predicted molar refractivity (Wildman–Crippen MR) is 144 cm³/mol. The minimum absolute atomic E-state index is 0.0815. The van der Waals surface area contributed by atoms with Crippen molar-refractivity contribution in [3.8, 4) is 11.5 Å². The Balaban J connectivity index is 1.67. The van der Waals surface area contributed by atoms with Crippen molar-refractivity contribution in [3.63, 3.8) is 0 Å². The number of aryl methyl sites for hydroxylation is 1. The molecular formula is C28H34N4O2S. The van der Waals surface area contributed by atoms with Crippen molar-refractivity contribution in [3.05, 3.63) is 71.3 Å². The van der Waals surface area contributed by atoms with Crippen LogP contribution in [-0.2, 0) is 0 Å². The third-order valence-electron chi connectivity index (χ3n) is 7.53. The maximum atomic E-state index is 5.96. The summed E-state index contributed by atoms with van der Waals surface area (Å²) in [5.41, 5.74) is 5.72. The van der Waals surface area contributed by atoms with Crippen LogP contribution in [0.2, 0.25) is 0 Å². The first-order valence-corrected chi connectivity index (χ1v) is 12.8. The second kappa shape index (κ2) is 9.90. The van der Waals surface area contributed by atoms with Gasteiger partial charge in [-0.15, -0.1) is 0 Å². The Bertz CT molecular complexity index is 1200. The number of ether oxygens (including phenoxy) is 2. The molecule has 1 N–H and O–H groups in total. The molecule has 0 radical (unpaired) electrons. The predicted octanol–water partition coefficient (Wildman–Crippen LogP) is 6.20. The Labute approximate surface area is 213 Å². The van der Waals surface area contributed by atoms with Gasteiger partial charge in [0.1, 0.15) is 11.5 Å². The third kappa shape index (κ3) is 4.27. The lowest BCUT2D eigenvalue weighted by molar-refractivity contribution is 0.345. The van der Waals surface area contributed by atoms with E-state index in [1.54, 1.807) is 14.2 Å². The first kappa shape index (κ1) is 23.7. The molecule has 3 heterocycles. The van der Waals surface area contributed by atoms with Crippen LogP contribution in [0.4, 0.5) is 5.69 Å². The minimum atomic E-state index is -0.0973. The summed E-state index contributed by atoms with van der Waals surface area (Å²) in [6.07, 6.45) is 8.28. The van der Waals surface area contributed by atoms with Crippen LogP contribution >= 0.6 is 12.2 Å². The molecule has 1 saturated heterocycles. The van der Waals surface area contributed by atoms with Gasteiger partial charge in [0.05, 0.1) is 37.7 Å². The van der Waals surface area contributed by atoms with Crippen molar-refractivity contribution in [2.45, 2.75) is 64.1 Å². The van der Waals surface area contributed by atoms with Crippen LogP contribution in [0.3, 0.4) is 0 Å². The van der Waals surface area contributed by atoms with E-state index in [9.17, 15) is 0 Å². The van der Waals surface area contributed by atoms with Crippen molar-refractivity contribution in [1.82, 2.24) is 14.9 Å². The smallest absolute Gasteiger partial charge is 0.174 e. The number of nitrogens with zero attached hydrogens (tertiary/aromatic N) is 3. The molecule has 2 aromatic heterocycles. The van der Waals surface area contributed by atoms with Crippen molar-refractivity contribution in [1.29, 1.82) is 0 Å². The highest BCUT2D eigenvalue weighted by Gasteiger charge is 2.43. The third-order valence-corrected chi connectivity index (χ3v) is 7.84. The summed E-state index contributed by atoms with van der Waals surface area (Å²) < 4.78 is 13.9. The van der Waals surface area contributed by atoms with Gasteiger partial charge in [0.15, 0.2) is 5.11 Å². The molecule has 0 amide bonds. The van der Waals surface area contributed by atoms with E-state index in [1.165, 1.54) is 49.1 Å². The molecule has 2 aliphatic rings. The van der Waals surface area contributed by atoms with E-state index in [4.69, 9.17) is 26.7 Å². The second-order valence-electron chi connectivity index (χ2n) is 9.52. The zero-order valence-electron chi connectivity index (χ0n) is 21.0. The van der Waals surface area contributed by atoms with Gasteiger partial charge in [-0.05, 0) is 74.8 Å². The highest BCUT2D eigenvalue weighted by molar-refractivity contribution is 7.80. The van der Waals surface area contributed by atoms with Gasteiger partial charge in [-0.1, -0.05) is 25.3 Å². The molecule has 1 aliphatic carbocycles. The average molecular weight is 491 g/mol. The molecule has 0 spiro atoms. The number of benzene rings is 1. The van der Waals surface area contributed by atoms with Gasteiger partial charge in [-0.2, -0.15) is 0 Å². The first-order valence-electron chi connectivity index (χ1n) is 12.4. The topological polar surface area (TPSA) is 51.6 Å². The molecule has 7 heteroatoms. The van der Waals surface area contributed by atoms with Gasteiger partial charge in [-0.25, -0.2) is 0 Å². The zero-order valence-corrected chi connectivity index (χ0v) is 21.8. The number of hydrogen-bond donors (Lipinski definition) is 1. The molecule has 1 aromatic carbocycles. The normalized spacial score (nSPS) is 20.7. The zero-order chi connectivity index (χ0) is 24.5. The fourth-order valence-corrected chi connectivity index (χ4v) is 6.26. The summed E-state index contributed by atoms with van der Waals surface area (Å²) in [7, 11) is 3.37. The largest absolute Gasteiger partial charge is 0.497 e. The van der Waals surface area contributed by atoms with Crippen molar-refractivity contribution in [2.24, 2.45) is 0 Å². The van der Waals surface area contributed by atoms with Gasteiger partial charge >= 0.3 is 0 Å². The molecule has 2 fully saturated rings. The van der Waals surface area contributed by atoms with Crippen molar-refractivity contribution < 1.29 is 9.47 Å². The number of methoxy groups -OCH3 is 2. The molecule has 6 nitrogen and oxygen atoms in total. The first-order chi connectivity index (χ1) is 17.0. The van der Waals surface area contributed by atoms with Crippen LogP contribution in [0.15, 0.2) is 48.7 Å². The standard InChI is InChI=1S/C28H34N4O2S/c1-18-16-22(19(2)31(18)20-10-6-5-7-11-20)27-26(23-12-8-9-15-29-23)30-28(35)32(27)24-17-21(33-3)13-14-25(24)34-4/h8-9,12-17,20,26-27H,5-7,10-11H2,1-4H3,(H,30,35)/t26-,27+/m0/s1. The Morgan fingerprint density at radius 1 is 1.00 bits per heavy atom. The summed E-state index contributed by atoms with van der Waals surface area (Å²) in [6, 6.07) is 14.6. The second-order valence-corrected chi connectivity index (χ2v) is 9.91. The number of anilines is 1. The number of pyridine rings is 1. The van der Waals surface area contributed by atoms with Crippen LogP contribution in [0.25, 0.3) is 0 Å².